The maximum atomic E-state index is 5.72. The van der Waals surface area contributed by atoms with Gasteiger partial charge in [0.15, 0.2) is 0 Å². The Morgan fingerprint density at radius 1 is 0.913 bits per heavy atom. The molecule has 122 valence electrons. The predicted octanol–water partition coefficient (Wildman–Crippen LogP) is 3.32. The van der Waals surface area contributed by atoms with E-state index in [9.17, 15) is 0 Å². The Bertz CT molecular complexity index is 548. The van der Waals surface area contributed by atoms with Gasteiger partial charge in [-0.25, -0.2) is 0 Å². The van der Waals surface area contributed by atoms with Crippen molar-refractivity contribution in [2.24, 2.45) is 0 Å². The minimum Gasteiger partial charge on any atom is -0.492 e. The molecule has 3 nitrogen and oxygen atoms in total. The molecule has 1 fully saturated rings. The fourth-order valence-corrected chi connectivity index (χ4v) is 3.09. The molecule has 0 saturated carbocycles. The van der Waals surface area contributed by atoms with Crippen molar-refractivity contribution in [3.8, 4) is 5.75 Å². The highest BCUT2D eigenvalue weighted by Gasteiger charge is 2.18. The molecule has 23 heavy (non-hydrogen) atoms. The van der Waals surface area contributed by atoms with Gasteiger partial charge in [-0.1, -0.05) is 48.5 Å². The first kappa shape index (κ1) is 16.0. The third-order valence-corrected chi connectivity index (χ3v) is 4.38. The molecule has 2 aromatic carbocycles. The molecule has 3 heteroatoms. The van der Waals surface area contributed by atoms with Crippen LogP contribution in [0.4, 0.5) is 0 Å². The van der Waals surface area contributed by atoms with Gasteiger partial charge in [-0.15, -0.1) is 0 Å². The third kappa shape index (κ3) is 5.38. The fourth-order valence-electron chi connectivity index (χ4n) is 3.09. The van der Waals surface area contributed by atoms with Crippen molar-refractivity contribution >= 4 is 0 Å². The van der Waals surface area contributed by atoms with Crippen LogP contribution in [0, 0.1) is 0 Å². The average molecular weight is 310 g/mol. The lowest BCUT2D eigenvalue weighted by Gasteiger charge is -2.32. The van der Waals surface area contributed by atoms with Crippen molar-refractivity contribution in [3.63, 3.8) is 0 Å². The quantitative estimate of drug-likeness (QED) is 0.794. The largest absolute Gasteiger partial charge is 0.492 e. The summed E-state index contributed by atoms with van der Waals surface area (Å²) < 4.78 is 5.72. The van der Waals surface area contributed by atoms with Gasteiger partial charge in [0.05, 0.1) is 0 Å². The second kappa shape index (κ2) is 8.70. The number of hydrogen-bond acceptors (Lipinski definition) is 3. The van der Waals surface area contributed by atoms with E-state index in [1.54, 1.807) is 0 Å². The van der Waals surface area contributed by atoms with Gasteiger partial charge in [0, 0.05) is 19.1 Å². The van der Waals surface area contributed by atoms with E-state index in [1.807, 2.05) is 30.3 Å². The molecule has 3 rings (SSSR count). The van der Waals surface area contributed by atoms with Crippen molar-refractivity contribution < 1.29 is 4.74 Å². The highest BCUT2D eigenvalue weighted by Crippen LogP contribution is 2.14. The Morgan fingerprint density at radius 3 is 2.26 bits per heavy atom. The summed E-state index contributed by atoms with van der Waals surface area (Å²) in [5.41, 5.74) is 1.41. The molecule has 0 radical (unpaired) electrons. The van der Waals surface area contributed by atoms with Gasteiger partial charge in [-0.2, -0.15) is 0 Å². The molecule has 0 atom stereocenters. The van der Waals surface area contributed by atoms with Gasteiger partial charge in [-0.3, -0.25) is 4.90 Å². The van der Waals surface area contributed by atoms with Gasteiger partial charge in [0.2, 0.25) is 0 Å². The standard InChI is InChI=1S/C20H26N2O/c1-3-7-18(8-4-1)17-22-14-11-19(12-15-22)21-13-16-23-20-9-5-2-6-10-20/h1-10,19,21H,11-17H2. The lowest BCUT2D eigenvalue weighted by atomic mass is 10.0. The van der Waals surface area contributed by atoms with Crippen LogP contribution in [-0.4, -0.2) is 37.2 Å². The summed E-state index contributed by atoms with van der Waals surface area (Å²) in [6.45, 7) is 5.06. The Hall–Kier alpha value is -1.84. The van der Waals surface area contributed by atoms with Crippen molar-refractivity contribution in [2.75, 3.05) is 26.2 Å². The first-order chi connectivity index (χ1) is 11.4. The molecular weight excluding hydrogens is 284 g/mol. The summed E-state index contributed by atoms with van der Waals surface area (Å²) in [5, 5.41) is 3.62. The summed E-state index contributed by atoms with van der Waals surface area (Å²) in [6.07, 6.45) is 2.44. The Labute approximate surface area is 139 Å². The third-order valence-electron chi connectivity index (χ3n) is 4.38. The zero-order valence-electron chi connectivity index (χ0n) is 13.7. The SMILES string of the molecule is c1ccc(CN2CCC(NCCOc3ccccc3)CC2)cc1. The number of likely N-dealkylation sites (tertiary alicyclic amines) is 1. The number of rotatable bonds is 7. The van der Waals surface area contributed by atoms with Crippen LogP contribution < -0.4 is 10.1 Å². The number of hydrogen-bond donors (Lipinski definition) is 1. The molecular formula is C20H26N2O. The number of nitrogens with one attached hydrogen (secondary N) is 1. The van der Waals surface area contributed by atoms with Gasteiger partial charge in [-0.05, 0) is 43.6 Å². The van der Waals surface area contributed by atoms with Crippen molar-refractivity contribution in [3.05, 3.63) is 66.2 Å². The summed E-state index contributed by atoms with van der Waals surface area (Å²) in [5.74, 6) is 0.951. The number of benzene rings is 2. The van der Waals surface area contributed by atoms with Crippen molar-refractivity contribution in [1.29, 1.82) is 0 Å². The molecule has 1 N–H and O–H groups in total. The van der Waals surface area contributed by atoms with Crippen molar-refractivity contribution in [2.45, 2.75) is 25.4 Å². The molecule has 0 aliphatic carbocycles. The van der Waals surface area contributed by atoms with Crippen LogP contribution in [-0.2, 0) is 6.54 Å². The first-order valence-corrected chi connectivity index (χ1v) is 8.58. The van der Waals surface area contributed by atoms with Crippen molar-refractivity contribution in [1.82, 2.24) is 10.2 Å². The molecule has 0 spiro atoms. The average Bonchev–Trinajstić information content (AvgIpc) is 2.62. The van der Waals surface area contributed by atoms with Crippen LogP contribution in [0.15, 0.2) is 60.7 Å². The van der Waals surface area contributed by atoms with Crippen LogP contribution in [0.25, 0.3) is 0 Å². The van der Waals surface area contributed by atoms with Crippen LogP contribution in [0.1, 0.15) is 18.4 Å². The zero-order chi connectivity index (χ0) is 15.7. The molecule has 2 aromatic rings. The topological polar surface area (TPSA) is 24.5 Å². The fraction of sp³-hybridized carbons (Fsp3) is 0.400. The van der Waals surface area contributed by atoms with E-state index < -0.39 is 0 Å². The Kier molecular flexibility index (Phi) is 6.07. The number of para-hydroxylation sites is 1. The summed E-state index contributed by atoms with van der Waals surface area (Å²) in [7, 11) is 0. The molecule has 0 unspecified atom stereocenters. The molecule has 1 aliphatic heterocycles. The smallest absolute Gasteiger partial charge is 0.119 e. The molecule has 0 bridgehead atoms. The second-order valence-corrected chi connectivity index (χ2v) is 6.15. The summed E-state index contributed by atoms with van der Waals surface area (Å²) in [6, 6.07) is 21.4. The van der Waals surface area contributed by atoms with Gasteiger partial charge in [0.1, 0.15) is 12.4 Å². The van der Waals surface area contributed by atoms with Crippen LogP contribution in [0.5, 0.6) is 5.75 Å². The van der Waals surface area contributed by atoms with E-state index >= 15 is 0 Å². The predicted molar refractivity (Wildman–Crippen MR) is 94.7 cm³/mol. The number of nitrogens with zero attached hydrogens (tertiary/aromatic N) is 1. The van der Waals surface area contributed by atoms with E-state index in [0.29, 0.717) is 6.04 Å². The van der Waals surface area contributed by atoms with E-state index in [0.717, 1.165) is 25.4 Å². The molecule has 1 saturated heterocycles. The zero-order valence-corrected chi connectivity index (χ0v) is 13.7. The normalized spacial score (nSPS) is 16.3. The highest BCUT2D eigenvalue weighted by molar-refractivity contribution is 5.20. The van der Waals surface area contributed by atoms with Crippen LogP contribution >= 0.6 is 0 Å². The number of ether oxygens (including phenoxy) is 1. The molecule has 1 heterocycles. The first-order valence-electron chi connectivity index (χ1n) is 8.58. The lowest BCUT2D eigenvalue weighted by molar-refractivity contribution is 0.186. The lowest BCUT2D eigenvalue weighted by Crippen LogP contribution is -2.43. The molecule has 0 aromatic heterocycles. The Morgan fingerprint density at radius 2 is 1.57 bits per heavy atom. The van der Waals surface area contributed by atoms with Gasteiger partial charge >= 0.3 is 0 Å². The number of piperidine rings is 1. The van der Waals surface area contributed by atoms with E-state index in [-0.39, 0.29) is 0 Å². The van der Waals surface area contributed by atoms with E-state index in [1.165, 1.54) is 31.5 Å². The maximum Gasteiger partial charge on any atom is 0.119 e. The van der Waals surface area contributed by atoms with E-state index in [4.69, 9.17) is 4.74 Å². The summed E-state index contributed by atoms with van der Waals surface area (Å²) >= 11 is 0. The molecule has 0 amide bonds. The highest BCUT2D eigenvalue weighted by atomic mass is 16.5. The minimum absolute atomic E-state index is 0.626. The monoisotopic (exact) mass is 310 g/mol. The Balaban J connectivity index is 1.30. The minimum atomic E-state index is 0.626. The van der Waals surface area contributed by atoms with Crippen LogP contribution in [0.3, 0.4) is 0 Å². The van der Waals surface area contributed by atoms with Gasteiger partial charge < -0.3 is 10.1 Å². The summed E-state index contributed by atoms with van der Waals surface area (Å²) in [4.78, 5) is 2.55. The molecule has 1 aliphatic rings. The maximum absolute atomic E-state index is 5.72. The van der Waals surface area contributed by atoms with Crippen LogP contribution in [0.2, 0.25) is 0 Å². The van der Waals surface area contributed by atoms with Gasteiger partial charge in [0.25, 0.3) is 0 Å². The van der Waals surface area contributed by atoms with E-state index in [2.05, 4.69) is 40.5 Å². The second-order valence-electron chi connectivity index (χ2n) is 6.15.